The molecule has 0 spiro atoms. The lowest BCUT2D eigenvalue weighted by atomic mass is 10.00. The van der Waals surface area contributed by atoms with Crippen LogP contribution < -0.4 is 0 Å². The van der Waals surface area contributed by atoms with Crippen LogP contribution >= 0.6 is 11.3 Å². The van der Waals surface area contributed by atoms with E-state index < -0.39 is 0 Å². The van der Waals surface area contributed by atoms with Crippen LogP contribution in [-0.4, -0.2) is 15.0 Å². The van der Waals surface area contributed by atoms with Crippen molar-refractivity contribution in [3.05, 3.63) is 140 Å². The number of fused-ring (bicyclic) bond motifs is 4. The normalized spacial score (nSPS) is 11.4. The number of nitrogens with zero attached hydrogens (tertiary/aromatic N) is 3. The van der Waals surface area contributed by atoms with Gasteiger partial charge in [-0.3, -0.25) is 0 Å². The van der Waals surface area contributed by atoms with E-state index in [-0.39, 0.29) is 0 Å². The summed E-state index contributed by atoms with van der Waals surface area (Å²) < 4.78 is 1.21. The maximum atomic E-state index is 5.25. The molecule has 0 saturated heterocycles. The molecule has 0 aliphatic carbocycles. The molecule has 0 unspecified atom stereocenters. The lowest BCUT2D eigenvalue weighted by Crippen LogP contribution is -1.98. The Morgan fingerprint density at radius 3 is 1.71 bits per heavy atom. The number of aromatic nitrogens is 3. The summed E-state index contributed by atoms with van der Waals surface area (Å²) >= 11 is 1.72. The minimum Gasteiger partial charge on any atom is -0.237 e. The van der Waals surface area contributed by atoms with E-state index in [9.17, 15) is 0 Å². The van der Waals surface area contributed by atoms with E-state index in [1.807, 2.05) is 18.2 Å². The van der Waals surface area contributed by atoms with Gasteiger partial charge < -0.3 is 0 Å². The van der Waals surface area contributed by atoms with Gasteiger partial charge in [-0.25, -0.2) is 15.0 Å². The third kappa shape index (κ3) is 4.17. The molecular formula is C37H23N3S. The minimum absolute atomic E-state index is 0.709. The molecule has 0 radical (unpaired) electrons. The fraction of sp³-hybridized carbons (Fsp3) is 0. The minimum atomic E-state index is 0.709. The Hall–Kier alpha value is -5.19. The highest BCUT2D eigenvalue weighted by Gasteiger charge is 2.20. The van der Waals surface area contributed by atoms with Crippen molar-refractivity contribution in [2.75, 3.05) is 0 Å². The Balaban J connectivity index is 1.41. The molecule has 0 bridgehead atoms. The second-order valence-electron chi connectivity index (χ2n) is 10.1. The Kier molecular flexibility index (Phi) is 5.64. The first-order valence-corrected chi connectivity index (χ1v) is 14.4. The van der Waals surface area contributed by atoms with Crippen LogP contribution in [0.1, 0.15) is 0 Å². The number of thiophene rings is 1. The molecule has 3 heterocycles. The van der Waals surface area contributed by atoms with Crippen LogP contribution in [0.2, 0.25) is 0 Å². The Morgan fingerprint density at radius 2 is 0.976 bits per heavy atom. The lowest BCUT2D eigenvalue weighted by Gasteiger charge is -2.13. The maximum absolute atomic E-state index is 5.25. The van der Waals surface area contributed by atoms with Crippen LogP contribution in [0.4, 0.5) is 0 Å². The predicted octanol–water partition coefficient (Wildman–Crippen LogP) is 10.1. The number of hydrogen-bond donors (Lipinski definition) is 0. The zero-order valence-electron chi connectivity index (χ0n) is 22.0. The Bertz CT molecular complexity index is 2180. The van der Waals surface area contributed by atoms with Gasteiger partial charge >= 0.3 is 0 Å². The molecule has 0 fully saturated rings. The molecule has 0 N–H and O–H groups in total. The second kappa shape index (κ2) is 9.77. The number of pyridine rings is 1. The molecule has 0 amide bonds. The molecule has 0 aliphatic rings. The molecule has 192 valence electrons. The number of benzene rings is 5. The van der Waals surface area contributed by atoms with E-state index in [4.69, 9.17) is 15.0 Å². The molecular weight excluding hydrogens is 518 g/mol. The van der Waals surface area contributed by atoms with Crippen molar-refractivity contribution >= 4 is 42.5 Å². The Morgan fingerprint density at radius 1 is 0.439 bits per heavy atom. The second-order valence-corrected chi connectivity index (χ2v) is 11.1. The average molecular weight is 542 g/mol. The van der Waals surface area contributed by atoms with Crippen LogP contribution in [0.15, 0.2) is 140 Å². The quantitative estimate of drug-likeness (QED) is 0.222. The van der Waals surface area contributed by atoms with E-state index in [1.54, 1.807) is 11.3 Å². The van der Waals surface area contributed by atoms with Gasteiger partial charge in [0.05, 0.1) is 16.9 Å². The van der Waals surface area contributed by atoms with E-state index in [0.717, 1.165) is 49.2 Å². The van der Waals surface area contributed by atoms with Crippen molar-refractivity contribution in [3.8, 4) is 45.0 Å². The van der Waals surface area contributed by atoms with E-state index in [1.165, 1.54) is 21.2 Å². The molecule has 3 aromatic heterocycles. The summed E-state index contributed by atoms with van der Waals surface area (Å²) in [7, 11) is 0. The van der Waals surface area contributed by atoms with Gasteiger partial charge in [0, 0.05) is 37.5 Å². The smallest absolute Gasteiger partial charge is 0.161 e. The molecule has 8 rings (SSSR count). The van der Waals surface area contributed by atoms with Crippen LogP contribution in [0.25, 0.3) is 76.2 Å². The van der Waals surface area contributed by atoms with Gasteiger partial charge in [-0.05, 0) is 29.3 Å². The molecule has 0 atom stereocenters. The van der Waals surface area contributed by atoms with Crippen molar-refractivity contribution in [1.82, 2.24) is 15.0 Å². The molecule has 41 heavy (non-hydrogen) atoms. The van der Waals surface area contributed by atoms with E-state index in [0.29, 0.717) is 5.82 Å². The van der Waals surface area contributed by atoms with Gasteiger partial charge in [0.25, 0.3) is 0 Å². The maximum Gasteiger partial charge on any atom is 0.161 e. The predicted molar refractivity (Wildman–Crippen MR) is 172 cm³/mol. The van der Waals surface area contributed by atoms with Crippen molar-refractivity contribution < 1.29 is 0 Å². The standard InChI is InChI=1S/C37H23N3S/c1-3-11-24(12-4-1)25-19-21-27(22-20-25)32-23-31(26-13-5-2-6-14-26)38-36(39-32)34-28-15-7-9-17-30(28)40-37-35(34)29-16-8-10-18-33(29)41-37/h1-23H. The number of rotatable bonds is 4. The Labute approximate surface area is 241 Å². The molecule has 0 aliphatic heterocycles. The van der Waals surface area contributed by atoms with Gasteiger partial charge in [-0.1, -0.05) is 121 Å². The summed E-state index contributed by atoms with van der Waals surface area (Å²) in [6.45, 7) is 0. The van der Waals surface area contributed by atoms with E-state index in [2.05, 4.69) is 121 Å². The van der Waals surface area contributed by atoms with Crippen LogP contribution in [0, 0.1) is 0 Å². The summed E-state index contributed by atoms with van der Waals surface area (Å²) in [6.07, 6.45) is 0. The SMILES string of the molecule is c1ccc(-c2ccc(-c3cc(-c4ccccc4)nc(-c4c5ccccc5nc5sc6ccccc6c45)n3)cc2)cc1. The third-order valence-corrected chi connectivity index (χ3v) is 8.59. The summed E-state index contributed by atoms with van der Waals surface area (Å²) in [6, 6.07) is 48.4. The lowest BCUT2D eigenvalue weighted by molar-refractivity contribution is 1.19. The third-order valence-electron chi connectivity index (χ3n) is 7.53. The zero-order chi connectivity index (χ0) is 27.2. The van der Waals surface area contributed by atoms with Crippen LogP contribution in [0.5, 0.6) is 0 Å². The number of hydrogen-bond acceptors (Lipinski definition) is 4. The van der Waals surface area contributed by atoms with E-state index >= 15 is 0 Å². The highest BCUT2D eigenvalue weighted by atomic mass is 32.1. The first-order chi connectivity index (χ1) is 20.3. The first kappa shape index (κ1) is 23.7. The first-order valence-electron chi connectivity index (χ1n) is 13.6. The fourth-order valence-electron chi connectivity index (χ4n) is 5.54. The zero-order valence-corrected chi connectivity index (χ0v) is 22.8. The topological polar surface area (TPSA) is 38.7 Å². The molecule has 5 aromatic carbocycles. The summed E-state index contributed by atoms with van der Waals surface area (Å²) in [5.41, 5.74) is 8.25. The van der Waals surface area contributed by atoms with Gasteiger partial charge in [-0.15, -0.1) is 11.3 Å². The average Bonchev–Trinajstić information content (AvgIpc) is 3.42. The fourth-order valence-corrected chi connectivity index (χ4v) is 6.63. The van der Waals surface area contributed by atoms with Crippen molar-refractivity contribution in [3.63, 3.8) is 0 Å². The largest absolute Gasteiger partial charge is 0.237 e. The monoisotopic (exact) mass is 541 g/mol. The molecule has 4 heteroatoms. The van der Waals surface area contributed by atoms with Crippen molar-refractivity contribution in [2.24, 2.45) is 0 Å². The van der Waals surface area contributed by atoms with Gasteiger partial charge in [0.1, 0.15) is 4.83 Å². The molecule has 3 nitrogen and oxygen atoms in total. The van der Waals surface area contributed by atoms with Gasteiger partial charge in [0.15, 0.2) is 5.82 Å². The highest BCUT2D eigenvalue weighted by Crippen LogP contribution is 2.42. The number of para-hydroxylation sites is 1. The summed E-state index contributed by atoms with van der Waals surface area (Å²) in [4.78, 5) is 16.5. The summed E-state index contributed by atoms with van der Waals surface area (Å²) in [5.74, 6) is 0.709. The van der Waals surface area contributed by atoms with Crippen molar-refractivity contribution in [1.29, 1.82) is 0 Å². The van der Waals surface area contributed by atoms with Crippen molar-refractivity contribution in [2.45, 2.75) is 0 Å². The van der Waals surface area contributed by atoms with Crippen LogP contribution in [0.3, 0.4) is 0 Å². The molecule has 0 saturated carbocycles. The van der Waals surface area contributed by atoms with Crippen LogP contribution in [-0.2, 0) is 0 Å². The molecule has 8 aromatic rings. The van der Waals surface area contributed by atoms with Gasteiger partial charge in [0.2, 0.25) is 0 Å². The van der Waals surface area contributed by atoms with Gasteiger partial charge in [-0.2, -0.15) is 0 Å². The summed E-state index contributed by atoms with van der Waals surface area (Å²) in [5, 5.41) is 3.35. The highest BCUT2D eigenvalue weighted by molar-refractivity contribution is 7.25.